The van der Waals surface area contributed by atoms with Crippen molar-refractivity contribution in [2.24, 2.45) is 0 Å². The van der Waals surface area contributed by atoms with Crippen molar-refractivity contribution in [1.29, 1.82) is 0 Å². The zero-order valence-electron chi connectivity index (χ0n) is 11.5. The lowest BCUT2D eigenvalue weighted by Crippen LogP contribution is -2.43. The van der Waals surface area contributed by atoms with Crippen LogP contribution in [0.15, 0.2) is 18.2 Å². The van der Waals surface area contributed by atoms with Gasteiger partial charge in [-0.2, -0.15) is 13.2 Å². The van der Waals surface area contributed by atoms with Crippen molar-refractivity contribution >= 4 is 5.91 Å². The van der Waals surface area contributed by atoms with Crippen LogP contribution in [0.3, 0.4) is 0 Å². The van der Waals surface area contributed by atoms with Crippen LogP contribution in [-0.4, -0.2) is 37.0 Å². The van der Waals surface area contributed by atoms with Crippen LogP contribution in [0.5, 0.6) is 0 Å². The van der Waals surface area contributed by atoms with Crippen LogP contribution in [0.2, 0.25) is 0 Å². The molecule has 1 aliphatic heterocycles. The molecule has 0 spiro atoms. The second-order valence-corrected chi connectivity index (χ2v) is 5.22. The Bertz CT molecular complexity index is 522. The Kier molecular flexibility index (Phi) is 4.51. The highest BCUT2D eigenvalue weighted by atomic mass is 19.4. The SMILES string of the molecule is CN1CCC(NC(=O)c2cccc(C(F)(F)F)c2F)CC1. The first kappa shape index (κ1) is 15.8. The van der Waals surface area contributed by atoms with Crippen LogP contribution < -0.4 is 5.32 Å². The first-order valence-corrected chi connectivity index (χ1v) is 6.64. The van der Waals surface area contributed by atoms with E-state index in [9.17, 15) is 22.4 Å². The Balaban J connectivity index is 2.13. The molecular formula is C14H16F4N2O. The maximum absolute atomic E-state index is 13.8. The van der Waals surface area contributed by atoms with E-state index in [0.717, 1.165) is 25.2 Å². The van der Waals surface area contributed by atoms with Gasteiger partial charge in [-0.15, -0.1) is 0 Å². The molecule has 2 rings (SSSR count). The number of likely N-dealkylation sites (tertiary alicyclic amines) is 1. The largest absolute Gasteiger partial charge is 0.419 e. The molecule has 0 bridgehead atoms. The highest BCUT2D eigenvalue weighted by Gasteiger charge is 2.35. The van der Waals surface area contributed by atoms with Gasteiger partial charge in [0.15, 0.2) is 0 Å². The van der Waals surface area contributed by atoms with Gasteiger partial charge in [-0.3, -0.25) is 4.79 Å². The number of benzene rings is 1. The van der Waals surface area contributed by atoms with Gasteiger partial charge in [-0.05, 0) is 45.1 Å². The summed E-state index contributed by atoms with van der Waals surface area (Å²) in [6.45, 7) is 1.58. The average Bonchev–Trinajstić information content (AvgIpc) is 2.40. The van der Waals surface area contributed by atoms with E-state index in [2.05, 4.69) is 10.2 Å². The number of carbonyl (C=O) groups is 1. The minimum absolute atomic E-state index is 0.136. The van der Waals surface area contributed by atoms with Crippen LogP contribution in [-0.2, 0) is 6.18 Å². The lowest BCUT2D eigenvalue weighted by Gasteiger charge is -2.29. The van der Waals surface area contributed by atoms with Crippen molar-refractivity contribution in [2.75, 3.05) is 20.1 Å². The molecule has 116 valence electrons. The van der Waals surface area contributed by atoms with Gasteiger partial charge < -0.3 is 10.2 Å². The molecule has 1 aliphatic rings. The summed E-state index contributed by atoms with van der Waals surface area (Å²) < 4.78 is 51.7. The molecule has 0 saturated carbocycles. The van der Waals surface area contributed by atoms with Crippen molar-refractivity contribution < 1.29 is 22.4 Å². The molecule has 1 amide bonds. The van der Waals surface area contributed by atoms with E-state index in [4.69, 9.17) is 0 Å². The fraction of sp³-hybridized carbons (Fsp3) is 0.500. The summed E-state index contributed by atoms with van der Waals surface area (Å²) in [6.07, 6.45) is -3.42. The number of piperidine rings is 1. The summed E-state index contributed by atoms with van der Waals surface area (Å²) in [6, 6.07) is 2.59. The molecule has 0 unspecified atom stereocenters. The number of hydrogen-bond donors (Lipinski definition) is 1. The number of rotatable bonds is 2. The smallest absolute Gasteiger partial charge is 0.349 e. The van der Waals surface area contributed by atoms with E-state index in [1.54, 1.807) is 0 Å². The van der Waals surface area contributed by atoms with Crippen LogP contribution >= 0.6 is 0 Å². The zero-order valence-corrected chi connectivity index (χ0v) is 11.5. The normalized spacial score (nSPS) is 17.8. The van der Waals surface area contributed by atoms with Crippen molar-refractivity contribution in [1.82, 2.24) is 10.2 Å². The van der Waals surface area contributed by atoms with E-state index in [-0.39, 0.29) is 6.04 Å². The van der Waals surface area contributed by atoms with Gasteiger partial charge in [0.2, 0.25) is 0 Å². The van der Waals surface area contributed by atoms with E-state index < -0.39 is 29.0 Å². The molecule has 0 aromatic heterocycles. The Morgan fingerprint density at radius 1 is 1.29 bits per heavy atom. The number of alkyl halides is 3. The molecule has 3 nitrogen and oxygen atoms in total. The molecule has 0 radical (unpaired) electrons. The minimum Gasteiger partial charge on any atom is -0.349 e. The van der Waals surface area contributed by atoms with E-state index in [1.807, 2.05) is 7.05 Å². The first-order valence-electron chi connectivity index (χ1n) is 6.64. The number of hydrogen-bond acceptors (Lipinski definition) is 2. The van der Waals surface area contributed by atoms with Crippen LogP contribution in [0, 0.1) is 5.82 Å². The summed E-state index contributed by atoms with van der Waals surface area (Å²) in [5.41, 5.74) is -1.98. The fourth-order valence-corrected chi connectivity index (χ4v) is 2.34. The molecule has 0 atom stereocenters. The third kappa shape index (κ3) is 3.72. The van der Waals surface area contributed by atoms with Gasteiger partial charge in [0.25, 0.3) is 5.91 Å². The van der Waals surface area contributed by atoms with Gasteiger partial charge in [-0.25, -0.2) is 4.39 Å². The van der Waals surface area contributed by atoms with Crippen molar-refractivity contribution in [2.45, 2.75) is 25.1 Å². The van der Waals surface area contributed by atoms with Crippen molar-refractivity contribution in [3.05, 3.63) is 35.1 Å². The fourth-order valence-electron chi connectivity index (χ4n) is 2.34. The van der Waals surface area contributed by atoms with Crippen LogP contribution in [0.4, 0.5) is 17.6 Å². The van der Waals surface area contributed by atoms with E-state index in [1.165, 1.54) is 0 Å². The minimum atomic E-state index is -4.81. The Labute approximate surface area is 119 Å². The number of carbonyl (C=O) groups excluding carboxylic acids is 1. The lowest BCUT2D eigenvalue weighted by atomic mass is 10.0. The molecule has 1 aromatic carbocycles. The average molecular weight is 304 g/mol. The Morgan fingerprint density at radius 2 is 1.90 bits per heavy atom. The molecule has 1 aromatic rings. The van der Waals surface area contributed by atoms with Crippen LogP contribution in [0.25, 0.3) is 0 Å². The number of amides is 1. The number of halogens is 4. The van der Waals surface area contributed by atoms with Crippen molar-refractivity contribution in [3.63, 3.8) is 0 Å². The van der Waals surface area contributed by atoms with Crippen LogP contribution in [0.1, 0.15) is 28.8 Å². The lowest BCUT2D eigenvalue weighted by molar-refractivity contribution is -0.140. The predicted octanol–water partition coefficient (Wildman–Crippen LogP) is 2.67. The molecule has 1 saturated heterocycles. The zero-order chi connectivity index (χ0) is 15.6. The monoisotopic (exact) mass is 304 g/mol. The summed E-state index contributed by atoms with van der Waals surface area (Å²) in [5, 5.41) is 2.60. The molecule has 1 N–H and O–H groups in total. The highest BCUT2D eigenvalue weighted by Crippen LogP contribution is 2.32. The molecule has 0 aliphatic carbocycles. The maximum Gasteiger partial charge on any atom is 0.419 e. The second kappa shape index (κ2) is 6.01. The van der Waals surface area contributed by atoms with Gasteiger partial charge in [0.05, 0.1) is 11.1 Å². The third-order valence-electron chi connectivity index (χ3n) is 3.60. The molecule has 21 heavy (non-hydrogen) atoms. The third-order valence-corrected chi connectivity index (χ3v) is 3.60. The highest BCUT2D eigenvalue weighted by molar-refractivity contribution is 5.94. The summed E-state index contributed by atoms with van der Waals surface area (Å²) >= 11 is 0. The topological polar surface area (TPSA) is 32.3 Å². The maximum atomic E-state index is 13.8. The second-order valence-electron chi connectivity index (χ2n) is 5.22. The van der Waals surface area contributed by atoms with Gasteiger partial charge in [-0.1, -0.05) is 6.07 Å². The van der Waals surface area contributed by atoms with Gasteiger partial charge in [0, 0.05) is 6.04 Å². The first-order chi connectivity index (χ1) is 9.79. The molecular weight excluding hydrogens is 288 g/mol. The predicted molar refractivity (Wildman–Crippen MR) is 69.4 cm³/mol. The Hall–Kier alpha value is -1.63. The van der Waals surface area contributed by atoms with E-state index >= 15 is 0 Å². The number of nitrogens with one attached hydrogen (secondary N) is 1. The summed E-state index contributed by atoms with van der Waals surface area (Å²) in [7, 11) is 1.95. The van der Waals surface area contributed by atoms with Gasteiger partial charge in [0.1, 0.15) is 5.82 Å². The standard InChI is InChI=1S/C14H16F4N2O/c1-20-7-5-9(6-8-20)19-13(21)10-3-2-4-11(12(10)15)14(16,17)18/h2-4,9H,5-8H2,1H3,(H,19,21). The molecule has 1 heterocycles. The molecule has 7 heteroatoms. The Morgan fingerprint density at radius 3 is 2.48 bits per heavy atom. The summed E-state index contributed by atoms with van der Waals surface area (Å²) in [5.74, 6) is -2.32. The quantitative estimate of drug-likeness (QED) is 0.852. The summed E-state index contributed by atoms with van der Waals surface area (Å²) in [4.78, 5) is 14.1. The van der Waals surface area contributed by atoms with E-state index in [0.29, 0.717) is 18.9 Å². The number of nitrogens with zero attached hydrogens (tertiary/aromatic N) is 1. The van der Waals surface area contributed by atoms with Crippen molar-refractivity contribution in [3.8, 4) is 0 Å². The van der Waals surface area contributed by atoms with Gasteiger partial charge >= 0.3 is 6.18 Å². The molecule has 1 fully saturated rings.